The average molecular weight is 181 g/mol. The van der Waals surface area contributed by atoms with Gasteiger partial charge in [-0.15, -0.1) is 0 Å². The average Bonchev–Trinajstić information content (AvgIpc) is 2.15. The number of hydrogen-bond donors (Lipinski definition) is 2. The van der Waals surface area contributed by atoms with E-state index >= 15 is 0 Å². The third-order valence-electron chi connectivity index (χ3n) is 1.63. The minimum Gasteiger partial charge on any atom is -0.392 e. The van der Waals surface area contributed by atoms with E-state index in [-0.39, 0.29) is 6.10 Å². The van der Waals surface area contributed by atoms with Crippen LogP contribution in [-0.2, 0) is 6.42 Å². The molecule has 1 unspecified atom stereocenters. The van der Waals surface area contributed by atoms with Crippen molar-refractivity contribution in [1.29, 1.82) is 0 Å². The number of aryl methyl sites for hydroxylation is 1. The third-order valence-corrected chi connectivity index (χ3v) is 1.63. The molecule has 0 bridgehead atoms. The molecular formula is C9H15N3O. The second-order valence-electron chi connectivity index (χ2n) is 2.96. The molecule has 13 heavy (non-hydrogen) atoms. The number of hydrogen-bond acceptors (Lipinski definition) is 4. The molecule has 1 atom stereocenters. The van der Waals surface area contributed by atoms with Crippen molar-refractivity contribution >= 4 is 5.95 Å². The molecule has 1 rings (SSSR count). The maximum Gasteiger partial charge on any atom is 0.222 e. The molecule has 2 N–H and O–H groups in total. The number of aliphatic hydroxyl groups is 1. The van der Waals surface area contributed by atoms with Gasteiger partial charge in [-0.1, -0.05) is 6.92 Å². The smallest absolute Gasteiger partial charge is 0.222 e. The van der Waals surface area contributed by atoms with Crippen LogP contribution in [-0.4, -0.2) is 27.7 Å². The normalized spacial score (nSPS) is 12.5. The predicted molar refractivity (Wildman–Crippen MR) is 51.6 cm³/mol. The summed E-state index contributed by atoms with van der Waals surface area (Å²) >= 11 is 0. The lowest BCUT2D eigenvalue weighted by Gasteiger charge is -2.06. The van der Waals surface area contributed by atoms with Crippen molar-refractivity contribution in [3.8, 4) is 0 Å². The first-order chi connectivity index (χ1) is 6.22. The van der Waals surface area contributed by atoms with E-state index < -0.39 is 0 Å². The van der Waals surface area contributed by atoms with Gasteiger partial charge in [0.2, 0.25) is 5.95 Å². The van der Waals surface area contributed by atoms with Gasteiger partial charge < -0.3 is 10.4 Å². The summed E-state index contributed by atoms with van der Waals surface area (Å²) in [6.45, 7) is 4.24. The summed E-state index contributed by atoms with van der Waals surface area (Å²) in [5.74, 6) is 0.584. The van der Waals surface area contributed by atoms with E-state index in [9.17, 15) is 0 Å². The lowest BCUT2D eigenvalue weighted by atomic mass is 10.3. The van der Waals surface area contributed by atoms with Crippen LogP contribution in [0.15, 0.2) is 12.3 Å². The Morgan fingerprint density at radius 2 is 2.38 bits per heavy atom. The Kier molecular flexibility index (Phi) is 3.64. The van der Waals surface area contributed by atoms with E-state index in [0.29, 0.717) is 12.5 Å². The number of nitrogens with zero attached hydrogens (tertiary/aromatic N) is 2. The SMILES string of the molecule is CCc1ccnc(NCC(C)O)n1. The van der Waals surface area contributed by atoms with Crippen LogP contribution in [0.5, 0.6) is 0 Å². The van der Waals surface area contributed by atoms with Gasteiger partial charge >= 0.3 is 0 Å². The summed E-state index contributed by atoms with van der Waals surface area (Å²) in [6, 6.07) is 1.88. The fraction of sp³-hybridized carbons (Fsp3) is 0.556. The van der Waals surface area contributed by atoms with E-state index in [1.54, 1.807) is 13.1 Å². The van der Waals surface area contributed by atoms with Crippen LogP contribution in [0.3, 0.4) is 0 Å². The van der Waals surface area contributed by atoms with Crippen molar-refractivity contribution in [2.75, 3.05) is 11.9 Å². The zero-order chi connectivity index (χ0) is 9.68. The number of aromatic nitrogens is 2. The van der Waals surface area contributed by atoms with Crippen molar-refractivity contribution in [2.24, 2.45) is 0 Å². The molecule has 1 heterocycles. The molecule has 0 aliphatic carbocycles. The molecule has 0 aromatic carbocycles. The quantitative estimate of drug-likeness (QED) is 0.722. The van der Waals surface area contributed by atoms with Gasteiger partial charge in [0.15, 0.2) is 0 Å². The Morgan fingerprint density at radius 1 is 1.62 bits per heavy atom. The van der Waals surface area contributed by atoms with Gasteiger partial charge in [0.05, 0.1) is 6.10 Å². The van der Waals surface area contributed by atoms with Crippen molar-refractivity contribution in [2.45, 2.75) is 26.4 Å². The van der Waals surface area contributed by atoms with Crippen LogP contribution in [0.25, 0.3) is 0 Å². The molecule has 72 valence electrons. The van der Waals surface area contributed by atoms with Crippen molar-refractivity contribution in [3.63, 3.8) is 0 Å². The van der Waals surface area contributed by atoms with Crippen LogP contribution in [0.1, 0.15) is 19.5 Å². The van der Waals surface area contributed by atoms with Crippen LogP contribution in [0.2, 0.25) is 0 Å². The van der Waals surface area contributed by atoms with Crippen molar-refractivity contribution in [1.82, 2.24) is 9.97 Å². The van der Waals surface area contributed by atoms with E-state index in [0.717, 1.165) is 12.1 Å². The fourth-order valence-electron chi connectivity index (χ4n) is 0.917. The topological polar surface area (TPSA) is 58.0 Å². The van der Waals surface area contributed by atoms with E-state index in [1.807, 2.05) is 13.0 Å². The summed E-state index contributed by atoms with van der Waals surface area (Å²) in [7, 11) is 0. The molecule has 1 aromatic heterocycles. The van der Waals surface area contributed by atoms with Gasteiger partial charge in [0.25, 0.3) is 0 Å². The van der Waals surface area contributed by atoms with Crippen molar-refractivity contribution in [3.05, 3.63) is 18.0 Å². The van der Waals surface area contributed by atoms with Gasteiger partial charge in [-0.05, 0) is 19.4 Å². The Bertz CT molecular complexity index is 263. The number of nitrogens with one attached hydrogen (secondary N) is 1. The van der Waals surface area contributed by atoms with E-state index in [2.05, 4.69) is 15.3 Å². The van der Waals surface area contributed by atoms with E-state index in [4.69, 9.17) is 5.11 Å². The van der Waals surface area contributed by atoms with Gasteiger partial charge in [-0.3, -0.25) is 0 Å². The Hall–Kier alpha value is -1.16. The highest BCUT2D eigenvalue weighted by atomic mass is 16.3. The largest absolute Gasteiger partial charge is 0.392 e. The maximum atomic E-state index is 9.02. The molecule has 0 fully saturated rings. The summed E-state index contributed by atoms with van der Waals surface area (Å²) < 4.78 is 0. The molecular weight excluding hydrogens is 166 g/mol. The molecule has 4 nitrogen and oxygen atoms in total. The summed E-state index contributed by atoms with van der Waals surface area (Å²) in [5, 5.41) is 12.0. The Labute approximate surface area is 78.0 Å². The monoisotopic (exact) mass is 181 g/mol. The first-order valence-corrected chi connectivity index (χ1v) is 4.46. The Balaban J connectivity index is 2.56. The zero-order valence-corrected chi connectivity index (χ0v) is 7.99. The molecule has 0 radical (unpaired) electrons. The second-order valence-corrected chi connectivity index (χ2v) is 2.96. The fourth-order valence-corrected chi connectivity index (χ4v) is 0.917. The highest BCUT2D eigenvalue weighted by molar-refractivity contribution is 5.25. The number of rotatable bonds is 4. The maximum absolute atomic E-state index is 9.02. The second kappa shape index (κ2) is 4.77. The lowest BCUT2D eigenvalue weighted by molar-refractivity contribution is 0.208. The highest BCUT2D eigenvalue weighted by Gasteiger charge is 1.98. The van der Waals surface area contributed by atoms with E-state index in [1.165, 1.54) is 0 Å². The van der Waals surface area contributed by atoms with Gasteiger partial charge in [-0.2, -0.15) is 0 Å². The Morgan fingerprint density at radius 3 is 3.00 bits per heavy atom. The van der Waals surface area contributed by atoms with Crippen LogP contribution in [0.4, 0.5) is 5.95 Å². The summed E-state index contributed by atoms with van der Waals surface area (Å²) in [5.41, 5.74) is 1.00. The standard InChI is InChI=1S/C9H15N3O/c1-3-8-4-5-10-9(12-8)11-6-7(2)13/h4-5,7,13H,3,6H2,1-2H3,(H,10,11,12). The molecule has 0 aliphatic rings. The lowest BCUT2D eigenvalue weighted by Crippen LogP contribution is -2.17. The molecule has 1 aromatic rings. The molecule has 0 spiro atoms. The molecule has 0 saturated carbocycles. The molecule has 0 amide bonds. The minimum atomic E-state index is -0.381. The molecule has 4 heteroatoms. The summed E-state index contributed by atoms with van der Waals surface area (Å²) in [4.78, 5) is 8.26. The molecule has 0 aliphatic heterocycles. The van der Waals surface area contributed by atoms with Crippen LogP contribution in [0, 0.1) is 0 Å². The van der Waals surface area contributed by atoms with Crippen molar-refractivity contribution < 1.29 is 5.11 Å². The van der Waals surface area contributed by atoms with Gasteiger partial charge in [-0.25, -0.2) is 9.97 Å². The third kappa shape index (κ3) is 3.38. The summed E-state index contributed by atoms with van der Waals surface area (Å²) in [6.07, 6.45) is 2.23. The first kappa shape index (κ1) is 9.92. The first-order valence-electron chi connectivity index (χ1n) is 4.46. The van der Waals surface area contributed by atoms with Crippen LogP contribution < -0.4 is 5.32 Å². The van der Waals surface area contributed by atoms with Gasteiger partial charge in [0.1, 0.15) is 0 Å². The highest BCUT2D eigenvalue weighted by Crippen LogP contribution is 2.00. The number of anilines is 1. The predicted octanol–water partition coefficient (Wildman–Crippen LogP) is 0.832. The molecule has 0 saturated heterocycles. The minimum absolute atomic E-state index is 0.381. The van der Waals surface area contributed by atoms with Crippen LogP contribution >= 0.6 is 0 Å². The van der Waals surface area contributed by atoms with Gasteiger partial charge in [0, 0.05) is 18.4 Å². The number of aliphatic hydroxyl groups excluding tert-OH is 1. The zero-order valence-electron chi connectivity index (χ0n) is 7.99.